The van der Waals surface area contributed by atoms with Crippen LogP contribution in [0.25, 0.3) is 16.8 Å². The molecule has 0 bridgehead atoms. The Morgan fingerprint density at radius 1 is 1.07 bits per heavy atom. The second-order valence-corrected chi connectivity index (χ2v) is 11.4. The number of halogens is 1. The number of carbonyl (C=O) groups is 1. The first-order chi connectivity index (χ1) is 19.4. The number of carbonyl (C=O) groups excluding carboxylic acids is 1. The maximum Gasteiger partial charge on any atom is 0.338 e. The zero-order valence-electron chi connectivity index (χ0n) is 22.7. The molecule has 0 N–H and O–H groups in total. The van der Waals surface area contributed by atoms with Gasteiger partial charge in [-0.1, -0.05) is 61.1 Å². The summed E-state index contributed by atoms with van der Waals surface area (Å²) in [5.74, 6) is 0.877. The van der Waals surface area contributed by atoms with Gasteiger partial charge in [0.05, 0.1) is 40.2 Å². The van der Waals surface area contributed by atoms with Gasteiger partial charge in [-0.05, 0) is 76.5 Å². The van der Waals surface area contributed by atoms with Crippen molar-refractivity contribution >= 4 is 56.7 Å². The molecular formula is C31H29IN2O5S. The lowest BCUT2D eigenvalue weighted by molar-refractivity contribution is -0.139. The number of methoxy groups -OCH3 is 2. The van der Waals surface area contributed by atoms with Gasteiger partial charge in [0.1, 0.15) is 17.5 Å². The van der Waals surface area contributed by atoms with E-state index in [1.165, 1.54) is 11.3 Å². The molecule has 0 unspecified atom stereocenters. The normalized spacial score (nSPS) is 15.1. The van der Waals surface area contributed by atoms with Gasteiger partial charge in [0.2, 0.25) is 0 Å². The minimum Gasteiger partial charge on any atom is -0.496 e. The van der Waals surface area contributed by atoms with E-state index >= 15 is 0 Å². The molecule has 0 spiro atoms. The molecule has 7 nitrogen and oxygen atoms in total. The summed E-state index contributed by atoms with van der Waals surface area (Å²) < 4.78 is 19.9. The number of allylic oxidation sites excluding steroid dienone is 1. The number of hydrogen-bond acceptors (Lipinski definition) is 7. The summed E-state index contributed by atoms with van der Waals surface area (Å²) in [5.41, 5.74) is 2.38. The van der Waals surface area contributed by atoms with Crippen molar-refractivity contribution in [3.63, 3.8) is 0 Å². The van der Waals surface area contributed by atoms with Crippen molar-refractivity contribution in [1.29, 1.82) is 0 Å². The summed E-state index contributed by atoms with van der Waals surface area (Å²) in [7, 11) is 3.23. The van der Waals surface area contributed by atoms with E-state index in [4.69, 9.17) is 19.2 Å². The largest absolute Gasteiger partial charge is 0.496 e. The summed E-state index contributed by atoms with van der Waals surface area (Å²) in [6.45, 7) is 4.03. The zero-order valence-corrected chi connectivity index (χ0v) is 25.7. The fourth-order valence-corrected chi connectivity index (χ4v) is 6.83. The van der Waals surface area contributed by atoms with Crippen molar-refractivity contribution in [1.82, 2.24) is 4.57 Å². The fourth-order valence-electron chi connectivity index (χ4n) is 5.05. The summed E-state index contributed by atoms with van der Waals surface area (Å²) >= 11 is 3.53. The summed E-state index contributed by atoms with van der Waals surface area (Å²) in [6, 6.07) is 16.8. The molecule has 1 aliphatic heterocycles. The third-order valence-electron chi connectivity index (χ3n) is 6.79. The Kier molecular flexibility index (Phi) is 8.41. The van der Waals surface area contributed by atoms with Crippen LogP contribution in [0.3, 0.4) is 0 Å². The van der Waals surface area contributed by atoms with Crippen LogP contribution in [0.1, 0.15) is 43.9 Å². The third kappa shape index (κ3) is 5.08. The van der Waals surface area contributed by atoms with E-state index in [1.807, 2.05) is 67.6 Å². The molecule has 1 aliphatic rings. The van der Waals surface area contributed by atoms with Crippen LogP contribution in [0, 0.1) is 3.57 Å². The van der Waals surface area contributed by atoms with Crippen molar-refractivity contribution in [3.8, 4) is 11.5 Å². The first kappa shape index (κ1) is 28.1. The third-order valence-corrected chi connectivity index (χ3v) is 8.62. The molecule has 0 radical (unpaired) electrons. The highest BCUT2D eigenvalue weighted by Gasteiger charge is 2.37. The maximum absolute atomic E-state index is 14.2. The van der Waals surface area contributed by atoms with Crippen molar-refractivity contribution < 1.29 is 19.0 Å². The highest BCUT2D eigenvalue weighted by atomic mass is 127. The molecule has 9 heteroatoms. The van der Waals surface area contributed by atoms with Gasteiger partial charge in [-0.2, -0.15) is 0 Å². The van der Waals surface area contributed by atoms with E-state index < -0.39 is 12.0 Å². The molecule has 0 saturated carbocycles. The van der Waals surface area contributed by atoms with E-state index in [2.05, 4.69) is 22.6 Å². The van der Waals surface area contributed by atoms with Crippen LogP contribution in [0.15, 0.2) is 75.7 Å². The van der Waals surface area contributed by atoms with Crippen LogP contribution in [-0.4, -0.2) is 31.4 Å². The molecular weight excluding hydrogens is 639 g/mol. The van der Waals surface area contributed by atoms with Gasteiger partial charge in [0, 0.05) is 5.56 Å². The van der Waals surface area contributed by atoms with Gasteiger partial charge >= 0.3 is 5.97 Å². The van der Waals surface area contributed by atoms with Gasteiger partial charge < -0.3 is 14.2 Å². The van der Waals surface area contributed by atoms with Crippen LogP contribution < -0.4 is 24.4 Å². The van der Waals surface area contributed by atoms with Gasteiger partial charge in [-0.25, -0.2) is 9.79 Å². The first-order valence-corrected chi connectivity index (χ1v) is 14.9. The van der Waals surface area contributed by atoms with Crippen molar-refractivity contribution in [2.75, 3.05) is 20.8 Å². The molecule has 206 valence electrons. The molecule has 0 aliphatic carbocycles. The second kappa shape index (κ2) is 12.0. The first-order valence-electron chi connectivity index (χ1n) is 13.0. The van der Waals surface area contributed by atoms with E-state index in [1.54, 1.807) is 25.7 Å². The van der Waals surface area contributed by atoms with Crippen LogP contribution in [0.5, 0.6) is 11.5 Å². The van der Waals surface area contributed by atoms with Crippen LogP contribution in [-0.2, 0) is 9.53 Å². The van der Waals surface area contributed by atoms with Gasteiger partial charge in [-0.3, -0.25) is 9.36 Å². The number of benzene rings is 3. The molecule has 40 heavy (non-hydrogen) atoms. The van der Waals surface area contributed by atoms with Crippen LogP contribution >= 0.6 is 33.9 Å². The summed E-state index contributed by atoms with van der Waals surface area (Å²) in [5, 5.41) is 1.87. The lowest BCUT2D eigenvalue weighted by Gasteiger charge is -2.28. The summed E-state index contributed by atoms with van der Waals surface area (Å²) in [6.07, 6.45) is 3.20. The van der Waals surface area contributed by atoms with E-state index in [0.717, 1.165) is 37.6 Å². The quantitative estimate of drug-likeness (QED) is 0.187. The monoisotopic (exact) mass is 668 g/mol. The van der Waals surface area contributed by atoms with Gasteiger partial charge in [0.15, 0.2) is 4.80 Å². The number of esters is 1. The highest BCUT2D eigenvalue weighted by molar-refractivity contribution is 14.1. The number of ether oxygens (including phenoxy) is 3. The van der Waals surface area contributed by atoms with Gasteiger partial charge in [-0.15, -0.1) is 0 Å². The van der Waals surface area contributed by atoms with Crippen molar-refractivity contribution in [2.24, 2.45) is 4.99 Å². The Bertz CT molecular complexity index is 1820. The molecule has 3 aromatic carbocycles. The molecule has 4 aromatic rings. The van der Waals surface area contributed by atoms with Crippen LogP contribution in [0.2, 0.25) is 0 Å². The van der Waals surface area contributed by atoms with Crippen molar-refractivity contribution in [3.05, 3.63) is 100 Å². The Morgan fingerprint density at radius 2 is 1.82 bits per heavy atom. The lowest BCUT2D eigenvalue weighted by atomic mass is 9.90. The average Bonchev–Trinajstić information content (AvgIpc) is 3.26. The predicted octanol–water partition coefficient (Wildman–Crippen LogP) is 5.35. The SMILES string of the molecule is CCCC1=C(C(=O)OCC)[C@H](c2c(OC)ccc3ccccc23)n2c(s/c(=C\c3ccc(OC)c(I)c3)c2=O)=N1. The Balaban J connectivity index is 1.85. The average molecular weight is 669 g/mol. The highest BCUT2D eigenvalue weighted by Crippen LogP contribution is 2.41. The number of rotatable bonds is 8. The number of thiazole rings is 1. The molecule has 2 heterocycles. The van der Waals surface area contributed by atoms with Crippen molar-refractivity contribution in [2.45, 2.75) is 32.7 Å². The molecule has 1 atom stereocenters. The molecule has 5 rings (SSSR count). The summed E-state index contributed by atoms with van der Waals surface area (Å²) in [4.78, 5) is 33.2. The number of hydrogen-bond donors (Lipinski definition) is 0. The molecule has 0 amide bonds. The molecule has 1 aromatic heterocycles. The Labute approximate surface area is 249 Å². The van der Waals surface area contributed by atoms with Crippen LogP contribution in [0.4, 0.5) is 0 Å². The van der Waals surface area contributed by atoms with E-state index in [0.29, 0.717) is 32.8 Å². The van der Waals surface area contributed by atoms with Gasteiger partial charge in [0.25, 0.3) is 5.56 Å². The Hall–Kier alpha value is -3.44. The number of nitrogens with zero attached hydrogens (tertiary/aromatic N) is 2. The minimum atomic E-state index is -0.768. The van der Waals surface area contributed by atoms with E-state index in [9.17, 15) is 9.59 Å². The zero-order chi connectivity index (χ0) is 28.4. The fraction of sp³-hybridized carbons (Fsp3) is 0.258. The number of fused-ring (bicyclic) bond motifs is 2. The van der Waals surface area contributed by atoms with E-state index in [-0.39, 0.29) is 12.2 Å². The molecule has 0 fully saturated rings. The smallest absolute Gasteiger partial charge is 0.338 e. The molecule has 0 saturated heterocycles. The Morgan fingerprint density at radius 3 is 2.52 bits per heavy atom. The number of aromatic nitrogens is 1. The lowest BCUT2D eigenvalue weighted by Crippen LogP contribution is -2.40. The predicted molar refractivity (Wildman–Crippen MR) is 166 cm³/mol. The standard InChI is InChI=1S/C31H29IN2O5S/c1-5-9-22-27(30(36)39-6-2)28(26-20-11-8-7-10-19(20)13-15-24(26)38-4)34-29(35)25(40-31(34)33-22)17-18-12-14-23(37-3)21(32)16-18/h7-8,10-17,28H,5-6,9H2,1-4H3/b25-17-/t28-/m0/s1. The second-order valence-electron chi connectivity index (χ2n) is 9.21. The topological polar surface area (TPSA) is 79.1 Å². The minimum absolute atomic E-state index is 0.210. The maximum atomic E-state index is 14.2.